The first-order valence-corrected chi connectivity index (χ1v) is 5.92. The Morgan fingerprint density at radius 2 is 1.84 bits per heavy atom. The van der Waals surface area contributed by atoms with Gasteiger partial charge in [0.2, 0.25) is 0 Å². The number of esters is 1. The van der Waals surface area contributed by atoms with Crippen LogP contribution in [0.25, 0.3) is 0 Å². The van der Waals surface area contributed by atoms with Crippen molar-refractivity contribution in [2.24, 2.45) is 0 Å². The lowest BCUT2D eigenvalue weighted by atomic mass is 10.2. The molecule has 0 spiro atoms. The van der Waals surface area contributed by atoms with Crippen molar-refractivity contribution in [1.82, 2.24) is 0 Å². The zero-order valence-corrected chi connectivity index (χ0v) is 10.7. The highest BCUT2D eigenvalue weighted by Crippen LogP contribution is 2.32. The Balaban J connectivity index is 3.02. The molecule has 0 heterocycles. The predicted octanol–water partition coefficient (Wildman–Crippen LogP) is 2.56. The maximum Gasteiger partial charge on any atom is 0.342 e. The topological polar surface area (TPSA) is 44.8 Å². The first-order valence-electron chi connectivity index (χ1n) is 5.92. The third kappa shape index (κ3) is 4.39. The first-order chi connectivity index (χ1) is 9.24. The summed E-state index contributed by atoms with van der Waals surface area (Å²) in [5, 5.41) is 0. The zero-order chi connectivity index (χ0) is 14.1. The molecule has 0 aliphatic heterocycles. The number of alkyl halides is 2. The second kappa shape index (κ2) is 8.29. The minimum absolute atomic E-state index is 0.0760. The molecule has 0 unspecified atom stereocenters. The van der Waals surface area contributed by atoms with Gasteiger partial charge in [-0.05, 0) is 19.1 Å². The van der Waals surface area contributed by atoms with Crippen LogP contribution in [-0.4, -0.2) is 39.1 Å². The van der Waals surface area contributed by atoms with Crippen molar-refractivity contribution < 1.29 is 27.8 Å². The number of carbonyl (C=O) groups is 1. The molecule has 0 aliphatic carbocycles. The molecule has 6 heteroatoms. The minimum atomic E-state index is -0.709. The molecular weight excluding hydrogens is 258 g/mol. The second-order valence-corrected chi connectivity index (χ2v) is 3.43. The number of halogens is 2. The van der Waals surface area contributed by atoms with E-state index in [4.69, 9.17) is 14.2 Å². The van der Waals surface area contributed by atoms with Crippen molar-refractivity contribution in [1.29, 1.82) is 0 Å². The third-order valence-corrected chi connectivity index (χ3v) is 2.13. The van der Waals surface area contributed by atoms with Crippen LogP contribution in [0.1, 0.15) is 17.3 Å². The summed E-state index contributed by atoms with van der Waals surface area (Å²) in [6, 6.07) is 4.56. The van der Waals surface area contributed by atoms with E-state index in [9.17, 15) is 13.6 Å². The van der Waals surface area contributed by atoms with Crippen molar-refractivity contribution >= 4 is 5.97 Å². The van der Waals surface area contributed by atoms with Crippen molar-refractivity contribution in [3.05, 3.63) is 23.8 Å². The fraction of sp³-hybridized carbons (Fsp3) is 0.462. The van der Waals surface area contributed by atoms with Crippen LogP contribution in [0.3, 0.4) is 0 Å². The molecule has 4 nitrogen and oxygen atoms in total. The van der Waals surface area contributed by atoms with Gasteiger partial charge in [0.1, 0.15) is 32.1 Å². The van der Waals surface area contributed by atoms with Crippen molar-refractivity contribution in [2.75, 3.05) is 33.2 Å². The summed E-state index contributed by atoms with van der Waals surface area (Å²) in [6.45, 7) is 0.104. The minimum Gasteiger partial charge on any atom is -0.487 e. The SMILES string of the molecule is CCOC(=O)c1cccc(OCCF)c1OCCF. The Morgan fingerprint density at radius 3 is 2.47 bits per heavy atom. The molecular formula is C13H16F2O4. The molecule has 106 valence electrons. The molecule has 0 saturated heterocycles. The number of carbonyl (C=O) groups excluding carboxylic acids is 1. The summed E-state index contributed by atoms with van der Waals surface area (Å²) < 4.78 is 39.5. The van der Waals surface area contributed by atoms with Crippen LogP contribution in [0.2, 0.25) is 0 Å². The van der Waals surface area contributed by atoms with Crippen LogP contribution in [0, 0.1) is 0 Å². The standard InChI is InChI=1S/C13H16F2O4/c1-2-17-13(16)10-4-3-5-11(18-8-6-14)12(10)19-9-7-15/h3-5H,2,6-9H2,1H3. The summed E-state index contributed by atoms with van der Waals surface area (Å²) in [5.74, 6) is -0.328. The average molecular weight is 274 g/mol. The Kier molecular flexibility index (Phi) is 6.63. The number of benzene rings is 1. The third-order valence-electron chi connectivity index (χ3n) is 2.13. The van der Waals surface area contributed by atoms with Gasteiger partial charge in [0, 0.05) is 0 Å². The van der Waals surface area contributed by atoms with E-state index in [1.54, 1.807) is 13.0 Å². The first kappa shape index (κ1) is 15.2. The van der Waals surface area contributed by atoms with E-state index in [2.05, 4.69) is 0 Å². The van der Waals surface area contributed by atoms with E-state index in [1.807, 2.05) is 0 Å². The number of hydrogen-bond donors (Lipinski definition) is 0. The van der Waals surface area contributed by atoms with Gasteiger partial charge in [-0.3, -0.25) is 0 Å². The van der Waals surface area contributed by atoms with Crippen LogP contribution < -0.4 is 9.47 Å². The van der Waals surface area contributed by atoms with Gasteiger partial charge in [-0.2, -0.15) is 0 Å². The molecule has 0 fully saturated rings. The molecule has 0 atom stereocenters. The Morgan fingerprint density at radius 1 is 1.16 bits per heavy atom. The molecule has 0 N–H and O–H groups in total. The second-order valence-electron chi connectivity index (χ2n) is 3.43. The van der Waals surface area contributed by atoms with Gasteiger partial charge in [-0.1, -0.05) is 6.07 Å². The van der Waals surface area contributed by atoms with Crippen LogP contribution in [0.5, 0.6) is 11.5 Å². The monoisotopic (exact) mass is 274 g/mol. The fourth-order valence-corrected chi connectivity index (χ4v) is 1.44. The smallest absolute Gasteiger partial charge is 0.342 e. The number of ether oxygens (including phenoxy) is 3. The van der Waals surface area contributed by atoms with E-state index in [1.165, 1.54) is 12.1 Å². The highest BCUT2D eigenvalue weighted by molar-refractivity contribution is 5.93. The Hall–Kier alpha value is -1.85. The number of hydrogen-bond acceptors (Lipinski definition) is 4. The molecule has 0 aromatic heterocycles. The van der Waals surface area contributed by atoms with Crippen molar-refractivity contribution in [3.63, 3.8) is 0 Å². The van der Waals surface area contributed by atoms with Crippen molar-refractivity contribution in [3.8, 4) is 11.5 Å². The van der Waals surface area contributed by atoms with Gasteiger partial charge in [-0.15, -0.1) is 0 Å². The Labute approximate surface area is 110 Å². The summed E-state index contributed by atoms with van der Waals surface area (Å²) in [4.78, 5) is 11.7. The van der Waals surface area contributed by atoms with Gasteiger partial charge in [-0.25, -0.2) is 13.6 Å². The molecule has 0 bridgehead atoms. The maximum atomic E-state index is 12.2. The van der Waals surface area contributed by atoms with Crippen LogP contribution >= 0.6 is 0 Å². The van der Waals surface area contributed by atoms with E-state index in [0.717, 1.165) is 0 Å². The summed E-state index contributed by atoms with van der Waals surface area (Å²) >= 11 is 0. The fourth-order valence-electron chi connectivity index (χ4n) is 1.44. The van der Waals surface area contributed by atoms with E-state index < -0.39 is 19.3 Å². The highest BCUT2D eigenvalue weighted by Gasteiger charge is 2.18. The molecule has 1 rings (SSSR count). The van der Waals surface area contributed by atoms with Crippen LogP contribution in [-0.2, 0) is 4.74 Å². The van der Waals surface area contributed by atoms with Crippen molar-refractivity contribution in [2.45, 2.75) is 6.92 Å². The van der Waals surface area contributed by atoms with Gasteiger partial charge in [0.05, 0.1) is 6.61 Å². The van der Waals surface area contributed by atoms with E-state index >= 15 is 0 Å². The summed E-state index contributed by atoms with van der Waals surface area (Å²) in [6.07, 6.45) is 0. The molecule has 0 saturated carbocycles. The number of para-hydroxylation sites is 1. The van der Waals surface area contributed by atoms with Gasteiger partial charge in [0.15, 0.2) is 11.5 Å². The van der Waals surface area contributed by atoms with Gasteiger partial charge in [0.25, 0.3) is 0 Å². The molecule has 0 aliphatic rings. The van der Waals surface area contributed by atoms with Gasteiger partial charge >= 0.3 is 5.97 Å². The van der Waals surface area contributed by atoms with E-state index in [-0.39, 0.29) is 36.9 Å². The molecule has 1 aromatic rings. The molecule has 19 heavy (non-hydrogen) atoms. The normalized spacial score (nSPS) is 10.1. The zero-order valence-electron chi connectivity index (χ0n) is 10.7. The maximum absolute atomic E-state index is 12.2. The lowest BCUT2D eigenvalue weighted by Crippen LogP contribution is -2.11. The van der Waals surface area contributed by atoms with Crippen LogP contribution in [0.15, 0.2) is 18.2 Å². The Bertz CT molecular complexity index is 410. The quantitative estimate of drug-likeness (QED) is 0.683. The summed E-state index contributed by atoms with van der Waals surface area (Å²) in [7, 11) is 0. The summed E-state index contributed by atoms with van der Waals surface area (Å²) in [5.41, 5.74) is 0.131. The largest absolute Gasteiger partial charge is 0.487 e. The van der Waals surface area contributed by atoms with Crippen LogP contribution in [0.4, 0.5) is 8.78 Å². The van der Waals surface area contributed by atoms with E-state index in [0.29, 0.717) is 0 Å². The number of rotatable bonds is 8. The van der Waals surface area contributed by atoms with Gasteiger partial charge < -0.3 is 14.2 Å². The molecule has 1 aromatic carbocycles. The lowest BCUT2D eigenvalue weighted by molar-refractivity contribution is 0.0520. The lowest BCUT2D eigenvalue weighted by Gasteiger charge is -2.14. The molecule has 0 amide bonds. The predicted molar refractivity (Wildman–Crippen MR) is 65.3 cm³/mol. The highest BCUT2D eigenvalue weighted by atomic mass is 19.1. The molecule has 0 radical (unpaired) electrons. The average Bonchev–Trinajstić information content (AvgIpc) is 2.43.